The zero-order valence-electron chi connectivity index (χ0n) is 62.8. The van der Waals surface area contributed by atoms with Crippen LogP contribution in [0.4, 0.5) is 0 Å². The molecule has 116 heavy (non-hydrogen) atoms. The van der Waals surface area contributed by atoms with Crippen molar-refractivity contribution in [3.63, 3.8) is 0 Å². The van der Waals surface area contributed by atoms with Crippen molar-refractivity contribution in [2.45, 2.75) is 10.8 Å². The van der Waals surface area contributed by atoms with E-state index in [9.17, 15) is 0 Å². The van der Waals surface area contributed by atoms with Crippen LogP contribution in [0.25, 0.3) is 167 Å². The Morgan fingerprint density at radius 3 is 1.02 bits per heavy atom. The van der Waals surface area contributed by atoms with Crippen LogP contribution in [0.1, 0.15) is 44.5 Å². The van der Waals surface area contributed by atoms with Gasteiger partial charge in [0, 0.05) is 54.9 Å². The Kier molecular flexibility index (Phi) is 16.2. The molecule has 21 aromatic rings. The predicted molar refractivity (Wildman–Crippen MR) is 470 cm³/mol. The van der Waals surface area contributed by atoms with E-state index in [1.165, 1.54) is 94.2 Å². The van der Waals surface area contributed by atoms with Crippen molar-refractivity contribution in [3.05, 3.63) is 457 Å². The molecule has 4 aromatic heterocycles. The summed E-state index contributed by atoms with van der Waals surface area (Å²) in [6.07, 6.45) is 0. The second kappa shape index (κ2) is 27.8. The van der Waals surface area contributed by atoms with E-state index in [2.05, 4.69) is 267 Å². The minimum atomic E-state index is -0.678. The van der Waals surface area contributed by atoms with Crippen molar-refractivity contribution >= 4 is 54.6 Å². The van der Waals surface area contributed by atoms with Gasteiger partial charge in [-0.2, -0.15) is 0 Å². The zero-order chi connectivity index (χ0) is 76.7. The van der Waals surface area contributed by atoms with Gasteiger partial charge in [-0.15, -0.1) is 0 Å². The lowest BCUT2D eigenvalue weighted by atomic mass is 9.66. The third-order valence-corrected chi connectivity index (χ3v) is 23.4. The highest BCUT2D eigenvalue weighted by Gasteiger charge is 2.48. The van der Waals surface area contributed by atoms with Gasteiger partial charge in [-0.3, -0.25) is 0 Å². The van der Waals surface area contributed by atoms with Crippen LogP contribution >= 0.6 is 0 Å². The average Bonchev–Trinajstić information content (AvgIpc) is 1.53. The third kappa shape index (κ3) is 11.2. The van der Waals surface area contributed by atoms with Crippen LogP contribution in [-0.4, -0.2) is 29.9 Å². The number of hydrogen-bond acceptors (Lipinski definition) is 8. The van der Waals surface area contributed by atoms with Crippen LogP contribution < -0.4 is 0 Å². The highest BCUT2D eigenvalue weighted by Crippen LogP contribution is 2.60. The molecule has 1 unspecified atom stereocenters. The molecule has 0 aliphatic heterocycles. The molecule has 4 heterocycles. The van der Waals surface area contributed by atoms with Gasteiger partial charge in [0.2, 0.25) is 0 Å². The van der Waals surface area contributed by atoms with Crippen LogP contribution in [0.2, 0.25) is 0 Å². The second-order valence-electron chi connectivity index (χ2n) is 29.9. The first kappa shape index (κ1) is 67.5. The molecule has 0 spiro atoms. The van der Waals surface area contributed by atoms with E-state index in [0.717, 1.165) is 82.8 Å². The number of fused-ring (bicyclic) bond motifs is 13. The fraction of sp³-hybridized carbons (Fsp3) is 0.0185. The summed E-state index contributed by atoms with van der Waals surface area (Å²) in [5, 5.41) is 6.49. The molecule has 0 bridgehead atoms. The van der Waals surface area contributed by atoms with Gasteiger partial charge in [-0.25, -0.2) is 29.9 Å². The number of rotatable bonds is 12. The topological polar surface area (TPSA) is 104 Å². The van der Waals surface area contributed by atoms with E-state index in [-0.39, 0.29) is 0 Å². The van der Waals surface area contributed by atoms with Crippen molar-refractivity contribution < 1.29 is 8.83 Å². The summed E-state index contributed by atoms with van der Waals surface area (Å²) in [5.41, 5.74) is 27.0. The standard InChI is InChI=1S/C58H37N3O.C50H31N3O/c1-5-18-38(19-6-1)42-34-43(39-20-7-2-8-21-39)36-45(35-42)58(50-29-15-13-26-46(50)47-27-14-16-30-51(47)58)44-32-33-52-49(37-44)54-48(28-17-31-53(54)62-52)57-60-55(40-22-9-3-10-23-40)59-56(61-57)41-24-11-4-12-25-41;1-4-14-32(15-5-1)47-51-48(33-16-6-2-7-17-33)53-49(52-47)36-24-26-45-41(29-36)42-31-38(25-27-46(42)54-45)50(37-20-8-3-9-21-37)43-23-13-12-22-39(43)40-28-34-18-10-11-19-35(34)30-44(40)50/h1-37H;1-31H. The first-order chi connectivity index (χ1) is 57.5. The highest BCUT2D eigenvalue weighted by molar-refractivity contribution is 6.13. The predicted octanol–water partition coefficient (Wildman–Crippen LogP) is 26.8. The van der Waals surface area contributed by atoms with E-state index >= 15 is 0 Å². The fourth-order valence-corrected chi connectivity index (χ4v) is 18.2. The van der Waals surface area contributed by atoms with E-state index in [1.54, 1.807) is 0 Å². The van der Waals surface area contributed by atoms with E-state index in [0.29, 0.717) is 34.9 Å². The maximum Gasteiger partial charge on any atom is 0.164 e. The summed E-state index contributed by atoms with van der Waals surface area (Å²) in [4.78, 5) is 30.3. The van der Waals surface area contributed by atoms with Crippen molar-refractivity contribution in [2.75, 3.05) is 0 Å². The summed E-state index contributed by atoms with van der Waals surface area (Å²) in [6.45, 7) is 0. The third-order valence-electron chi connectivity index (χ3n) is 23.4. The van der Waals surface area contributed by atoms with Gasteiger partial charge in [-0.1, -0.05) is 334 Å². The normalized spacial score (nSPS) is 13.6. The summed E-state index contributed by atoms with van der Waals surface area (Å²) < 4.78 is 13.3. The van der Waals surface area contributed by atoms with Gasteiger partial charge in [-0.05, 0) is 179 Å². The van der Waals surface area contributed by atoms with Gasteiger partial charge >= 0.3 is 0 Å². The van der Waals surface area contributed by atoms with Gasteiger partial charge in [0.1, 0.15) is 22.3 Å². The molecule has 23 rings (SSSR count). The summed E-state index contributed by atoms with van der Waals surface area (Å²) in [7, 11) is 0. The first-order valence-corrected chi connectivity index (χ1v) is 39.3. The molecular formula is C108H68N6O2. The molecule has 1 atom stereocenters. The number of furan rings is 2. The lowest BCUT2D eigenvalue weighted by Gasteiger charge is -2.34. The minimum absolute atomic E-state index is 0.546. The largest absolute Gasteiger partial charge is 0.456 e. The van der Waals surface area contributed by atoms with Crippen molar-refractivity contribution in [3.8, 4) is 113 Å². The molecule has 0 amide bonds. The van der Waals surface area contributed by atoms with Crippen LogP contribution in [0.5, 0.6) is 0 Å². The van der Waals surface area contributed by atoms with E-state index in [1.807, 2.05) is 146 Å². The van der Waals surface area contributed by atoms with Crippen LogP contribution in [0.3, 0.4) is 0 Å². The molecule has 8 nitrogen and oxygen atoms in total. The number of hydrogen-bond donors (Lipinski definition) is 0. The Morgan fingerprint density at radius 1 is 0.172 bits per heavy atom. The molecule has 17 aromatic carbocycles. The summed E-state index contributed by atoms with van der Waals surface area (Å²) in [6, 6.07) is 146. The van der Waals surface area contributed by atoms with Gasteiger partial charge in [0.05, 0.1) is 10.8 Å². The molecule has 0 fully saturated rings. The number of aromatic nitrogens is 6. The molecule has 2 aliphatic rings. The minimum Gasteiger partial charge on any atom is -0.456 e. The molecule has 542 valence electrons. The van der Waals surface area contributed by atoms with Crippen LogP contribution in [0, 0.1) is 0 Å². The molecule has 0 saturated heterocycles. The van der Waals surface area contributed by atoms with Gasteiger partial charge in [0.25, 0.3) is 0 Å². The molecule has 2 aliphatic carbocycles. The maximum atomic E-state index is 6.72. The van der Waals surface area contributed by atoms with Gasteiger partial charge in [0.15, 0.2) is 34.9 Å². The van der Waals surface area contributed by atoms with E-state index in [4.69, 9.17) is 38.7 Å². The number of benzene rings is 17. The quantitative estimate of drug-likeness (QED) is 0.119. The van der Waals surface area contributed by atoms with Crippen LogP contribution in [-0.2, 0) is 10.8 Å². The second-order valence-corrected chi connectivity index (χ2v) is 29.9. The van der Waals surface area contributed by atoms with Crippen molar-refractivity contribution in [1.29, 1.82) is 0 Å². The summed E-state index contributed by atoms with van der Waals surface area (Å²) >= 11 is 0. The summed E-state index contributed by atoms with van der Waals surface area (Å²) in [5.74, 6) is 3.70. The van der Waals surface area contributed by atoms with Crippen molar-refractivity contribution in [2.24, 2.45) is 0 Å². The monoisotopic (exact) mass is 1480 g/mol. The Labute approximate surface area is 669 Å². The molecule has 0 saturated carbocycles. The van der Waals surface area contributed by atoms with Gasteiger partial charge < -0.3 is 8.83 Å². The Balaban J connectivity index is 0.000000142. The Hall–Kier alpha value is -15.4. The SMILES string of the molecule is c1ccc(-c2cc(-c3ccccc3)cc(C3(c4ccc5oc6cccc(-c7nc(-c8ccccc8)nc(-c8ccccc8)n7)c6c5c4)c4ccccc4-c4ccccc43)c2)cc1.c1ccc(-c2nc(-c3ccccc3)nc(-c3ccc4oc5ccc(C6(c7ccccc7)c7ccccc7-c7cc8ccccc8cc76)cc5c4c3)n2)cc1. The lowest BCUT2D eigenvalue weighted by molar-refractivity contribution is 0.667. The van der Waals surface area contributed by atoms with Crippen molar-refractivity contribution in [1.82, 2.24) is 29.9 Å². The zero-order valence-corrected chi connectivity index (χ0v) is 62.8. The smallest absolute Gasteiger partial charge is 0.164 e. The Bertz CT molecular complexity index is 7160. The lowest BCUT2D eigenvalue weighted by Crippen LogP contribution is -2.28. The van der Waals surface area contributed by atoms with Crippen LogP contribution in [0.15, 0.2) is 421 Å². The molecule has 0 radical (unpaired) electrons. The molecule has 0 N–H and O–H groups in total. The highest BCUT2D eigenvalue weighted by atomic mass is 16.3. The first-order valence-electron chi connectivity index (χ1n) is 39.3. The average molecular weight is 1480 g/mol. The fourth-order valence-electron chi connectivity index (χ4n) is 18.2. The van der Waals surface area contributed by atoms with E-state index < -0.39 is 10.8 Å². The molecular weight excluding hydrogens is 1410 g/mol. The number of nitrogens with zero attached hydrogens (tertiary/aromatic N) is 6. The Morgan fingerprint density at radius 2 is 0.526 bits per heavy atom. The molecule has 8 heteroatoms. The maximum absolute atomic E-state index is 6.72.